The summed E-state index contributed by atoms with van der Waals surface area (Å²) in [6, 6.07) is 7.65. The second-order valence-corrected chi connectivity index (χ2v) is 10.2. The topological polar surface area (TPSA) is 9.23 Å². The minimum atomic E-state index is -2.06. The van der Waals surface area contributed by atoms with Gasteiger partial charge in [0.2, 0.25) is 0 Å². The summed E-state index contributed by atoms with van der Waals surface area (Å²) in [6.07, 6.45) is 2.58. The Morgan fingerprint density at radius 1 is 1.38 bits per heavy atom. The lowest BCUT2D eigenvalue weighted by Gasteiger charge is -2.24. The van der Waals surface area contributed by atoms with E-state index >= 15 is 0 Å². The van der Waals surface area contributed by atoms with E-state index in [0.29, 0.717) is 0 Å². The minimum Gasteiger partial charge on any atom is -0.396 e. The van der Waals surface area contributed by atoms with Crippen LogP contribution in [-0.4, -0.2) is 7.63 Å². The van der Waals surface area contributed by atoms with Crippen molar-refractivity contribution in [2.24, 2.45) is 0 Å². The van der Waals surface area contributed by atoms with Gasteiger partial charge >= 0.3 is 0 Å². The summed E-state index contributed by atoms with van der Waals surface area (Å²) in [7, 11) is -2.06. The second kappa shape index (κ2) is 5.87. The highest BCUT2D eigenvalue weighted by Crippen LogP contribution is 2.28. The fourth-order valence-corrected chi connectivity index (χ4v) is 2.78. The molecule has 1 aromatic carbocycles. The minimum absolute atomic E-state index is 0.0195. The molecule has 0 N–H and O–H groups in total. The third-order valence-corrected chi connectivity index (χ3v) is 3.41. The lowest BCUT2D eigenvalue weighted by Crippen LogP contribution is -2.25. The first-order chi connectivity index (χ1) is 7.42. The lowest BCUT2D eigenvalue weighted by molar-refractivity contribution is 0.208. The molecule has 1 nitrogen and oxygen atoms in total. The summed E-state index contributed by atoms with van der Waals surface area (Å²) in [5.41, 5.74) is 1.09. The van der Waals surface area contributed by atoms with Crippen LogP contribution in [0.15, 0.2) is 36.9 Å². The van der Waals surface area contributed by atoms with E-state index in [4.69, 9.17) is 27.1 Å². The molecule has 0 spiro atoms. The molecule has 0 aliphatic carbocycles. The number of hydrogen-bond donors (Lipinski definition) is 0. The average molecular weight is 275 g/mol. The largest absolute Gasteiger partial charge is 0.396 e. The standard InChI is InChI=1S/C12H16Cl2OSi/c1-4-5-12(15-16(2,3)14)10-6-8-11(13)9-7-10/h4,6-9,12H,1,5H2,2-3H3. The number of hydrogen-bond acceptors (Lipinski definition) is 1. The molecular weight excluding hydrogens is 259 g/mol. The molecule has 0 saturated heterocycles. The van der Waals surface area contributed by atoms with E-state index in [1.807, 2.05) is 43.4 Å². The fraction of sp³-hybridized carbons (Fsp3) is 0.333. The van der Waals surface area contributed by atoms with Crippen molar-refractivity contribution in [3.63, 3.8) is 0 Å². The quantitative estimate of drug-likeness (QED) is 0.421. The molecule has 4 heteroatoms. The van der Waals surface area contributed by atoms with E-state index in [9.17, 15) is 0 Å². The summed E-state index contributed by atoms with van der Waals surface area (Å²) in [5.74, 6) is 0. The van der Waals surface area contributed by atoms with E-state index in [-0.39, 0.29) is 6.10 Å². The predicted octanol–water partition coefficient (Wildman–Crippen LogP) is 4.91. The zero-order valence-electron chi connectivity index (χ0n) is 9.54. The highest BCUT2D eigenvalue weighted by Gasteiger charge is 2.24. The van der Waals surface area contributed by atoms with Crippen LogP contribution in [0.2, 0.25) is 18.1 Å². The van der Waals surface area contributed by atoms with Gasteiger partial charge in [-0.1, -0.05) is 29.8 Å². The predicted molar refractivity (Wildman–Crippen MR) is 73.4 cm³/mol. The van der Waals surface area contributed by atoms with E-state index in [1.165, 1.54) is 0 Å². The summed E-state index contributed by atoms with van der Waals surface area (Å²) < 4.78 is 5.89. The second-order valence-electron chi connectivity index (χ2n) is 4.05. The van der Waals surface area contributed by atoms with Crippen LogP contribution in [-0.2, 0) is 4.43 Å². The Labute approximate surface area is 108 Å². The van der Waals surface area contributed by atoms with Crippen molar-refractivity contribution in [2.75, 3.05) is 0 Å². The maximum atomic E-state index is 6.20. The van der Waals surface area contributed by atoms with Crippen LogP contribution in [0.3, 0.4) is 0 Å². The van der Waals surface area contributed by atoms with E-state index in [2.05, 4.69) is 6.58 Å². The molecule has 0 saturated carbocycles. The van der Waals surface area contributed by atoms with Gasteiger partial charge in [-0.3, -0.25) is 0 Å². The molecule has 1 rings (SSSR count). The van der Waals surface area contributed by atoms with Gasteiger partial charge in [-0.2, -0.15) is 0 Å². The number of benzene rings is 1. The molecule has 88 valence electrons. The Balaban J connectivity index is 2.84. The Morgan fingerprint density at radius 2 is 1.94 bits per heavy atom. The summed E-state index contributed by atoms with van der Waals surface area (Å²) in [6.45, 7) is 7.66. The van der Waals surface area contributed by atoms with Gasteiger partial charge in [-0.15, -0.1) is 17.7 Å². The van der Waals surface area contributed by atoms with Crippen LogP contribution in [0.1, 0.15) is 18.1 Å². The lowest BCUT2D eigenvalue weighted by atomic mass is 10.1. The molecule has 0 amide bonds. The van der Waals surface area contributed by atoms with Gasteiger partial charge in [-0.25, -0.2) is 0 Å². The van der Waals surface area contributed by atoms with Gasteiger partial charge in [0.15, 0.2) is 0 Å². The normalized spacial score (nSPS) is 13.5. The zero-order valence-corrected chi connectivity index (χ0v) is 12.1. The van der Waals surface area contributed by atoms with Crippen molar-refractivity contribution < 1.29 is 4.43 Å². The smallest absolute Gasteiger partial charge is 0.284 e. The molecule has 0 aliphatic rings. The molecular formula is C12H16Cl2OSi. The third-order valence-electron chi connectivity index (χ3n) is 2.05. The first kappa shape index (κ1) is 13.8. The summed E-state index contributed by atoms with van der Waals surface area (Å²) in [5, 5.41) is 0.725. The monoisotopic (exact) mass is 274 g/mol. The molecule has 0 fully saturated rings. The molecule has 0 heterocycles. The molecule has 0 aromatic heterocycles. The Kier molecular flexibility index (Phi) is 5.06. The SMILES string of the molecule is C=CCC(O[Si](C)(C)Cl)c1ccc(Cl)cc1. The summed E-state index contributed by atoms with van der Waals surface area (Å²) >= 11 is 12.0. The third kappa shape index (κ3) is 4.70. The van der Waals surface area contributed by atoms with E-state index < -0.39 is 7.63 Å². The van der Waals surface area contributed by atoms with E-state index in [1.54, 1.807) is 0 Å². The highest BCUT2D eigenvalue weighted by molar-refractivity contribution is 7.15. The molecule has 1 unspecified atom stereocenters. The number of rotatable bonds is 5. The maximum Gasteiger partial charge on any atom is 0.284 e. The van der Waals surface area contributed by atoms with Crippen molar-refractivity contribution in [3.05, 3.63) is 47.5 Å². The Hall–Kier alpha value is -0.283. The van der Waals surface area contributed by atoms with Gasteiger partial charge in [-0.05, 0) is 37.2 Å². The van der Waals surface area contributed by atoms with Crippen molar-refractivity contribution in [2.45, 2.75) is 25.6 Å². The fourth-order valence-electron chi connectivity index (χ4n) is 1.42. The van der Waals surface area contributed by atoms with Crippen molar-refractivity contribution in [3.8, 4) is 0 Å². The molecule has 16 heavy (non-hydrogen) atoms. The van der Waals surface area contributed by atoms with Crippen LogP contribution in [0.25, 0.3) is 0 Å². The first-order valence-electron chi connectivity index (χ1n) is 5.15. The van der Waals surface area contributed by atoms with Crippen LogP contribution < -0.4 is 0 Å². The number of halogens is 2. The molecule has 0 aliphatic heterocycles. The van der Waals surface area contributed by atoms with E-state index in [0.717, 1.165) is 17.0 Å². The van der Waals surface area contributed by atoms with Gasteiger partial charge in [0.25, 0.3) is 7.63 Å². The zero-order chi connectivity index (χ0) is 12.2. The van der Waals surface area contributed by atoms with Crippen LogP contribution in [0.4, 0.5) is 0 Å². The van der Waals surface area contributed by atoms with Gasteiger partial charge in [0.05, 0.1) is 6.10 Å². The highest BCUT2D eigenvalue weighted by atomic mass is 35.6. The average Bonchev–Trinajstić information content (AvgIpc) is 2.16. The Bertz CT molecular complexity index is 343. The van der Waals surface area contributed by atoms with Crippen molar-refractivity contribution in [1.82, 2.24) is 0 Å². The Morgan fingerprint density at radius 3 is 2.38 bits per heavy atom. The van der Waals surface area contributed by atoms with Crippen LogP contribution in [0.5, 0.6) is 0 Å². The van der Waals surface area contributed by atoms with Crippen LogP contribution >= 0.6 is 22.7 Å². The molecule has 1 atom stereocenters. The van der Waals surface area contributed by atoms with Crippen molar-refractivity contribution in [1.29, 1.82) is 0 Å². The van der Waals surface area contributed by atoms with Crippen molar-refractivity contribution >= 4 is 30.3 Å². The maximum absolute atomic E-state index is 6.20. The molecule has 0 radical (unpaired) electrons. The summed E-state index contributed by atoms with van der Waals surface area (Å²) in [4.78, 5) is 0. The first-order valence-corrected chi connectivity index (χ1v) is 9.45. The van der Waals surface area contributed by atoms with Gasteiger partial charge in [0.1, 0.15) is 0 Å². The molecule has 1 aromatic rings. The molecule has 0 bridgehead atoms. The van der Waals surface area contributed by atoms with Crippen LogP contribution in [0, 0.1) is 0 Å². The van der Waals surface area contributed by atoms with Gasteiger partial charge in [0, 0.05) is 5.02 Å². The van der Waals surface area contributed by atoms with Gasteiger partial charge < -0.3 is 4.43 Å².